The zero-order chi connectivity index (χ0) is 24.5. The van der Waals surface area contributed by atoms with E-state index >= 15 is 0 Å². The van der Waals surface area contributed by atoms with E-state index in [0.29, 0.717) is 106 Å². The number of carbonyl (C=O) groups is 1. The summed E-state index contributed by atoms with van der Waals surface area (Å²) in [5.74, 6) is -0.259. The SMILES string of the molecule is CCOCCOCCOCCOCCOCCOCCOCCOCCC(=O)OC(C)(C)C. The summed E-state index contributed by atoms with van der Waals surface area (Å²) < 4.78 is 48.1. The first kappa shape index (κ1) is 32.1. The Kier molecular flexibility index (Phi) is 23.7. The topological polar surface area (TPSA) is 100 Å². The van der Waals surface area contributed by atoms with E-state index in [1.165, 1.54) is 0 Å². The first-order valence-electron chi connectivity index (χ1n) is 11.8. The van der Waals surface area contributed by atoms with E-state index in [4.69, 9.17) is 42.6 Å². The average molecular weight is 483 g/mol. The van der Waals surface area contributed by atoms with Crippen LogP contribution in [0.3, 0.4) is 0 Å². The second kappa shape index (κ2) is 24.3. The van der Waals surface area contributed by atoms with E-state index in [0.717, 1.165) is 0 Å². The molecule has 0 aliphatic carbocycles. The molecule has 0 unspecified atom stereocenters. The average Bonchev–Trinajstić information content (AvgIpc) is 2.75. The number of hydrogen-bond acceptors (Lipinski definition) is 10. The van der Waals surface area contributed by atoms with Crippen LogP contribution < -0.4 is 0 Å². The van der Waals surface area contributed by atoms with Crippen molar-refractivity contribution in [1.82, 2.24) is 0 Å². The maximum Gasteiger partial charge on any atom is 0.308 e. The highest BCUT2D eigenvalue weighted by atomic mass is 16.6. The van der Waals surface area contributed by atoms with Crippen LogP contribution in [0, 0.1) is 0 Å². The van der Waals surface area contributed by atoms with Crippen LogP contribution in [0.25, 0.3) is 0 Å². The highest BCUT2D eigenvalue weighted by Gasteiger charge is 2.15. The number of esters is 1. The van der Waals surface area contributed by atoms with Gasteiger partial charge < -0.3 is 42.6 Å². The Morgan fingerprint density at radius 2 is 0.758 bits per heavy atom. The molecule has 0 aromatic carbocycles. The van der Waals surface area contributed by atoms with Crippen molar-refractivity contribution in [3.8, 4) is 0 Å². The molecule has 0 aliphatic rings. The van der Waals surface area contributed by atoms with E-state index in [-0.39, 0.29) is 12.4 Å². The standard InChI is InChI=1S/C23H46O10/c1-5-25-8-9-27-12-13-29-16-17-31-20-21-32-19-18-30-15-14-28-11-10-26-7-6-22(24)33-23(2,3)4/h5-21H2,1-4H3. The molecule has 0 saturated heterocycles. The minimum absolute atomic E-state index is 0.240. The maximum absolute atomic E-state index is 11.5. The van der Waals surface area contributed by atoms with Crippen LogP contribution in [0.4, 0.5) is 0 Å². The minimum atomic E-state index is -0.464. The third-order valence-electron chi connectivity index (χ3n) is 3.68. The van der Waals surface area contributed by atoms with E-state index < -0.39 is 5.60 Å². The second-order valence-corrected chi connectivity index (χ2v) is 7.82. The van der Waals surface area contributed by atoms with Crippen LogP contribution in [0.15, 0.2) is 0 Å². The van der Waals surface area contributed by atoms with Gasteiger partial charge in [-0.05, 0) is 27.7 Å². The summed E-state index contributed by atoms with van der Waals surface area (Å²) in [4.78, 5) is 11.5. The van der Waals surface area contributed by atoms with Gasteiger partial charge in [-0.2, -0.15) is 0 Å². The molecule has 0 aromatic rings. The smallest absolute Gasteiger partial charge is 0.308 e. The van der Waals surface area contributed by atoms with Crippen molar-refractivity contribution in [2.75, 3.05) is 106 Å². The molecule has 0 amide bonds. The molecule has 0 aromatic heterocycles. The van der Waals surface area contributed by atoms with Crippen LogP contribution in [-0.4, -0.2) is 117 Å². The van der Waals surface area contributed by atoms with Crippen LogP contribution in [0.5, 0.6) is 0 Å². The number of hydrogen-bond donors (Lipinski definition) is 0. The Bertz CT molecular complexity index is 415. The van der Waals surface area contributed by atoms with Gasteiger partial charge >= 0.3 is 5.97 Å². The molecule has 0 heterocycles. The van der Waals surface area contributed by atoms with Gasteiger partial charge in [0.1, 0.15) is 5.60 Å². The van der Waals surface area contributed by atoms with Gasteiger partial charge in [0.25, 0.3) is 0 Å². The van der Waals surface area contributed by atoms with Crippen molar-refractivity contribution >= 4 is 5.97 Å². The summed E-state index contributed by atoms with van der Waals surface area (Å²) in [6, 6.07) is 0. The molecule has 10 nitrogen and oxygen atoms in total. The van der Waals surface area contributed by atoms with E-state index in [2.05, 4.69) is 0 Å². The number of ether oxygens (including phenoxy) is 9. The van der Waals surface area contributed by atoms with Gasteiger partial charge in [0.2, 0.25) is 0 Å². The Hall–Kier alpha value is -0.850. The number of rotatable bonds is 25. The van der Waals surface area contributed by atoms with Crippen molar-refractivity contribution < 1.29 is 47.4 Å². The lowest BCUT2D eigenvalue weighted by Gasteiger charge is -2.19. The van der Waals surface area contributed by atoms with E-state index in [1.807, 2.05) is 27.7 Å². The molecule has 0 N–H and O–H groups in total. The summed E-state index contributed by atoms with van der Waals surface area (Å²) in [5, 5.41) is 0. The van der Waals surface area contributed by atoms with Crippen molar-refractivity contribution in [2.24, 2.45) is 0 Å². The number of carbonyl (C=O) groups excluding carboxylic acids is 1. The molecule has 0 saturated carbocycles. The molecule has 0 bridgehead atoms. The van der Waals surface area contributed by atoms with E-state index in [9.17, 15) is 4.79 Å². The normalized spacial score (nSPS) is 11.8. The molecule has 0 aliphatic heterocycles. The van der Waals surface area contributed by atoms with Crippen molar-refractivity contribution in [2.45, 2.75) is 39.7 Å². The Labute approximate surface area is 199 Å². The lowest BCUT2D eigenvalue weighted by atomic mass is 10.2. The fraction of sp³-hybridized carbons (Fsp3) is 0.957. The zero-order valence-electron chi connectivity index (χ0n) is 21.1. The van der Waals surface area contributed by atoms with Gasteiger partial charge in [-0.1, -0.05) is 0 Å². The Morgan fingerprint density at radius 3 is 1.03 bits per heavy atom. The fourth-order valence-corrected chi connectivity index (χ4v) is 2.23. The highest BCUT2D eigenvalue weighted by molar-refractivity contribution is 5.69. The largest absolute Gasteiger partial charge is 0.460 e. The molecule has 0 rings (SSSR count). The summed E-state index contributed by atoms with van der Waals surface area (Å²) in [5.41, 5.74) is -0.464. The third kappa shape index (κ3) is 29.1. The summed E-state index contributed by atoms with van der Waals surface area (Å²) in [7, 11) is 0. The zero-order valence-corrected chi connectivity index (χ0v) is 21.1. The molecule has 33 heavy (non-hydrogen) atoms. The van der Waals surface area contributed by atoms with Gasteiger partial charge in [0, 0.05) is 6.61 Å². The Morgan fingerprint density at radius 1 is 0.485 bits per heavy atom. The summed E-state index contributed by atoms with van der Waals surface area (Å²) in [6.45, 7) is 15.8. The first-order chi connectivity index (χ1) is 16.0. The predicted octanol–water partition coefficient (Wildman–Crippen LogP) is 1.87. The van der Waals surface area contributed by atoms with Gasteiger partial charge in [0.15, 0.2) is 0 Å². The van der Waals surface area contributed by atoms with Crippen LogP contribution in [-0.2, 0) is 47.4 Å². The second-order valence-electron chi connectivity index (χ2n) is 7.82. The maximum atomic E-state index is 11.5. The molecule has 0 fully saturated rings. The highest BCUT2D eigenvalue weighted by Crippen LogP contribution is 2.07. The van der Waals surface area contributed by atoms with Crippen molar-refractivity contribution in [3.63, 3.8) is 0 Å². The molecule has 0 radical (unpaired) electrons. The first-order valence-corrected chi connectivity index (χ1v) is 11.8. The summed E-state index contributed by atoms with van der Waals surface area (Å²) in [6.07, 6.45) is 0.240. The predicted molar refractivity (Wildman–Crippen MR) is 123 cm³/mol. The quantitative estimate of drug-likeness (QED) is 0.142. The van der Waals surface area contributed by atoms with Gasteiger partial charge in [-0.15, -0.1) is 0 Å². The van der Waals surface area contributed by atoms with Crippen LogP contribution in [0.1, 0.15) is 34.1 Å². The monoisotopic (exact) mass is 482 g/mol. The third-order valence-corrected chi connectivity index (χ3v) is 3.68. The van der Waals surface area contributed by atoms with Crippen molar-refractivity contribution in [1.29, 1.82) is 0 Å². The molecule has 0 atom stereocenters. The molecular weight excluding hydrogens is 436 g/mol. The summed E-state index contributed by atoms with van der Waals surface area (Å²) >= 11 is 0. The van der Waals surface area contributed by atoms with Gasteiger partial charge in [-0.25, -0.2) is 0 Å². The van der Waals surface area contributed by atoms with Crippen LogP contribution >= 0.6 is 0 Å². The molecule has 10 heteroatoms. The van der Waals surface area contributed by atoms with Crippen LogP contribution in [0.2, 0.25) is 0 Å². The van der Waals surface area contributed by atoms with Gasteiger partial charge in [-0.3, -0.25) is 4.79 Å². The fourth-order valence-electron chi connectivity index (χ4n) is 2.23. The van der Waals surface area contributed by atoms with E-state index in [1.54, 1.807) is 0 Å². The minimum Gasteiger partial charge on any atom is -0.460 e. The lowest BCUT2D eigenvalue weighted by Crippen LogP contribution is -2.24. The molecule has 198 valence electrons. The molecule has 0 spiro atoms. The van der Waals surface area contributed by atoms with Gasteiger partial charge in [0.05, 0.1) is 106 Å². The molecular formula is C23H46O10. The van der Waals surface area contributed by atoms with Crippen molar-refractivity contribution in [3.05, 3.63) is 0 Å². The lowest BCUT2D eigenvalue weighted by molar-refractivity contribution is -0.156. The Balaban J connectivity index is 3.10.